The SMILES string of the molecule is O=C(CCCn1nc(-c2cccs2)ccc1=O)NCc1ccccc1. The molecule has 1 aromatic carbocycles. The second kappa shape index (κ2) is 8.39. The summed E-state index contributed by atoms with van der Waals surface area (Å²) in [5, 5.41) is 9.25. The Labute approximate surface area is 150 Å². The van der Waals surface area contributed by atoms with E-state index in [-0.39, 0.29) is 11.5 Å². The molecule has 0 saturated heterocycles. The normalized spacial score (nSPS) is 10.6. The molecule has 0 aliphatic rings. The van der Waals surface area contributed by atoms with E-state index in [1.807, 2.05) is 47.8 Å². The minimum Gasteiger partial charge on any atom is -0.352 e. The topological polar surface area (TPSA) is 64.0 Å². The number of carbonyl (C=O) groups is 1. The second-order valence-electron chi connectivity index (χ2n) is 5.62. The van der Waals surface area contributed by atoms with Crippen molar-refractivity contribution in [3.05, 3.63) is 75.9 Å². The Balaban J connectivity index is 1.51. The summed E-state index contributed by atoms with van der Waals surface area (Å²) >= 11 is 1.58. The summed E-state index contributed by atoms with van der Waals surface area (Å²) in [5.41, 5.74) is 1.70. The van der Waals surface area contributed by atoms with E-state index in [0.717, 1.165) is 16.1 Å². The van der Waals surface area contributed by atoms with Gasteiger partial charge in [0, 0.05) is 25.6 Å². The first kappa shape index (κ1) is 17.1. The van der Waals surface area contributed by atoms with Crippen LogP contribution < -0.4 is 10.9 Å². The number of hydrogen-bond donors (Lipinski definition) is 1. The van der Waals surface area contributed by atoms with Crippen LogP contribution in [0.25, 0.3) is 10.6 Å². The predicted octanol–water partition coefficient (Wildman–Crippen LogP) is 3.07. The fourth-order valence-electron chi connectivity index (χ4n) is 2.44. The molecule has 3 aromatic rings. The van der Waals surface area contributed by atoms with Crippen LogP contribution in [-0.2, 0) is 17.9 Å². The first-order valence-corrected chi connectivity index (χ1v) is 9.03. The van der Waals surface area contributed by atoms with Gasteiger partial charge in [-0.2, -0.15) is 5.10 Å². The van der Waals surface area contributed by atoms with Gasteiger partial charge in [0.2, 0.25) is 5.91 Å². The van der Waals surface area contributed by atoms with Gasteiger partial charge in [-0.25, -0.2) is 4.68 Å². The van der Waals surface area contributed by atoms with Crippen molar-refractivity contribution in [3.63, 3.8) is 0 Å². The lowest BCUT2D eigenvalue weighted by Gasteiger charge is -2.07. The van der Waals surface area contributed by atoms with Crippen LogP contribution in [0.2, 0.25) is 0 Å². The maximum Gasteiger partial charge on any atom is 0.266 e. The number of nitrogens with one attached hydrogen (secondary N) is 1. The molecule has 1 amide bonds. The molecule has 0 fully saturated rings. The summed E-state index contributed by atoms with van der Waals surface area (Å²) in [5.74, 6) is -0.0219. The van der Waals surface area contributed by atoms with E-state index in [0.29, 0.717) is 25.9 Å². The van der Waals surface area contributed by atoms with Gasteiger partial charge < -0.3 is 5.32 Å². The molecule has 6 heteroatoms. The van der Waals surface area contributed by atoms with Crippen LogP contribution in [0.3, 0.4) is 0 Å². The van der Waals surface area contributed by atoms with Crippen LogP contribution in [0.15, 0.2) is 64.8 Å². The first-order chi connectivity index (χ1) is 12.2. The maximum atomic E-state index is 11.9. The standard InChI is InChI=1S/C19H19N3O2S/c23-18(20-14-15-6-2-1-3-7-15)9-4-12-22-19(24)11-10-16(21-22)17-8-5-13-25-17/h1-3,5-8,10-11,13H,4,9,12,14H2,(H,20,23). The number of nitrogens with zero attached hydrogens (tertiary/aromatic N) is 2. The van der Waals surface area contributed by atoms with Crippen LogP contribution >= 0.6 is 11.3 Å². The minimum absolute atomic E-state index is 0.0219. The molecular weight excluding hydrogens is 334 g/mol. The number of carbonyl (C=O) groups excluding carboxylic acids is 1. The van der Waals surface area contributed by atoms with Crippen LogP contribution in [-0.4, -0.2) is 15.7 Å². The Morgan fingerprint density at radius 1 is 1.08 bits per heavy atom. The lowest BCUT2D eigenvalue weighted by atomic mass is 10.2. The Morgan fingerprint density at radius 2 is 1.92 bits per heavy atom. The van der Waals surface area contributed by atoms with Gasteiger partial charge in [0.15, 0.2) is 0 Å². The molecule has 0 radical (unpaired) electrons. The fraction of sp³-hybridized carbons (Fsp3) is 0.211. The summed E-state index contributed by atoms with van der Waals surface area (Å²) < 4.78 is 1.43. The largest absolute Gasteiger partial charge is 0.352 e. The highest BCUT2D eigenvalue weighted by Gasteiger charge is 2.06. The van der Waals surface area contributed by atoms with Crippen molar-refractivity contribution in [3.8, 4) is 10.6 Å². The zero-order valence-electron chi connectivity index (χ0n) is 13.7. The van der Waals surface area contributed by atoms with E-state index in [1.54, 1.807) is 17.4 Å². The van der Waals surface area contributed by atoms with Crippen molar-refractivity contribution in [1.29, 1.82) is 0 Å². The van der Waals surface area contributed by atoms with E-state index in [2.05, 4.69) is 10.4 Å². The highest BCUT2D eigenvalue weighted by atomic mass is 32.1. The van der Waals surface area contributed by atoms with E-state index in [1.165, 1.54) is 10.7 Å². The number of aryl methyl sites for hydroxylation is 1. The summed E-state index contributed by atoms with van der Waals surface area (Å²) in [6, 6.07) is 17.0. The third-order valence-electron chi connectivity index (χ3n) is 3.75. The molecule has 0 aliphatic carbocycles. The minimum atomic E-state index is -0.148. The number of aromatic nitrogens is 2. The van der Waals surface area contributed by atoms with Crippen molar-refractivity contribution in [2.24, 2.45) is 0 Å². The third kappa shape index (κ3) is 4.87. The molecule has 128 valence electrons. The molecule has 0 spiro atoms. The van der Waals surface area contributed by atoms with Crippen LogP contribution in [0, 0.1) is 0 Å². The third-order valence-corrected chi connectivity index (χ3v) is 4.64. The summed E-state index contributed by atoms with van der Waals surface area (Å²) in [6.07, 6.45) is 0.936. The van der Waals surface area contributed by atoms with Crippen LogP contribution in [0.5, 0.6) is 0 Å². The summed E-state index contributed by atoms with van der Waals surface area (Å²) in [4.78, 5) is 24.9. The molecule has 0 aliphatic heterocycles. The van der Waals surface area contributed by atoms with Crippen LogP contribution in [0.4, 0.5) is 0 Å². The Kier molecular flexibility index (Phi) is 5.74. The number of thiophene rings is 1. The van der Waals surface area contributed by atoms with E-state index in [9.17, 15) is 9.59 Å². The van der Waals surface area contributed by atoms with Gasteiger partial charge in [-0.1, -0.05) is 36.4 Å². The van der Waals surface area contributed by atoms with Crippen LogP contribution in [0.1, 0.15) is 18.4 Å². The zero-order valence-corrected chi connectivity index (χ0v) is 14.5. The van der Waals surface area contributed by atoms with Crippen molar-refractivity contribution in [2.75, 3.05) is 0 Å². The molecule has 0 atom stereocenters. The monoisotopic (exact) mass is 353 g/mol. The molecule has 1 N–H and O–H groups in total. The van der Waals surface area contributed by atoms with Crippen molar-refractivity contribution in [1.82, 2.24) is 15.1 Å². The smallest absolute Gasteiger partial charge is 0.266 e. The molecule has 0 unspecified atom stereocenters. The van der Waals surface area contributed by atoms with Gasteiger partial charge in [-0.15, -0.1) is 11.3 Å². The van der Waals surface area contributed by atoms with Crippen molar-refractivity contribution in [2.45, 2.75) is 25.9 Å². The maximum absolute atomic E-state index is 11.9. The number of hydrogen-bond acceptors (Lipinski definition) is 4. The van der Waals surface area contributed by atoms with E-state index >= 15 is 0 Å². The molecule has 5 nitrogen and oxygen atoms in total. The molecule has 25 heavy (non-hydrogen) atoms. The highest BCUT2D eigenvalue weighted by molar-refractivity contribution is 7.13. The first-order valence-electron chi connectivity index (χ1n) is 8.15. The van der Waals surface area contributed by atoms with Gasteiger partial charge in [0.05, 0.1) is 4.88 Å². The molecule has 0 bridgehead atoms. The average Bonchev–Trinajstić information content (AvgIpc) is 3.17. The molecule has 2 heterocycles. The lowest BCUT2D eigenvalue weighted by molar-refractivity contribution is -0.121. The molecule has 3 rings (SSSR count). The Hall–Kier alpha value is -2.73. The van der Waals surface area contributed by atoms with Gasteiger partial charge >= 0.3 is 0 Å². The Bertz CT molecular complexity index is 873. The summed E-state index contributed by atoms with van der Waals surface area (Å²) in [6.45, 7) is 0.947. The van der Waals surface area contributed by atoms with Gasteiger partial charge in [-0.05, 0) is 29.5 Å². The molecule has 2 aromatic heterocycles. The number of amides is 1. The van der Waals surface area contributed by atoms with Gasteiger partial charge in [0.25, 0.3) is 5.56 Å². The fourth-order valence-corrected chi connectivity index (χ4v) is 3.13. The predicted molar refractivity (Wildman–Crippen MR) is 99.3 cm³/mol. The number of benzene rings is 1. The average molecular weight is 353 g/mol. The highest BCUT2D eigenvalue weighted by Crippen LogP contribution is 2.21. The van der Waals surface area contributed by atoms with Gasteiger partial charge in [-0.3, -0.25) is 9.59 Å². The Morgan fingerprint density at radius 3 is 2.68 bits per heavy atom. The van der Waals surface area contributed by atoms with Crippen molar-refractivity contribution >= 4 is 17.2 Å². The van der Waals surface area contributed by atoms with Gasteiger partial charge in [0.1, 0.15) is 5.69 Å². The van der Waals surface area contributed by atoms with Crippen molar-refractivity contribution < 1.29 is 4.79 Å². The van der Waals surface area contributed by atoms with E-state index < -0.39 is 0 Å². The number of rotatable bonds is 7. The quantitative estimate of drug-likeness (QED) is 0.710. The summed E-state index contributed by atoms with van der Waals surface area (Å²) in [7, 11) is 0. The second-order valence-corrected chi connectivity index (χ2v) is 6.57. The van der Waals surface area contributed by atoms with E-state index in [4.69, 9.17) is 0 Å². The zero-order chi connectivity index (χ0) is 17.5. The molecular formula is C19H19N3O2S. The molecule has 0 saturated carbocycles. The lowest BCUT2D eigenvalue weighted by Crippen LogP contribution is -2.25.